The van der Waals surface area contributed by atoms with Gasteiger partial charge in [0, 0.05) is 17.0 Å². The molecule has 1 fully saturated rings. The summed E-state index contributed by atoms with van der Waals surface area (Å²) in [5.74, 6) is -0.546. The number of carbonyl (C=O) groups is 2. The number of carbonyl (C=O) groups excluding carboxylic acids is 2. The monoisotopic (exact) mass is 323 g/mol. The van der Waals surface area contributed by atoms with E-state index in [1.807, 2.05) is 24.3 Å². The number of nitrogens with two attached hydrogens (primary N) is 1. The van der Waals surface area contributed by atoms with Gasteiger partial charge in [0.1, 0.15) is 0 Å². The molecule has 0 radical (unpaired) electrons. The predicted molar refractivity (Wildman–Crippen MR) is 88.8 cm³/mol. The number of rotatable bonds is 3. The zero-order chi connectivity index (χ0) is 16.4. The van der Waals surface area contributed by atoms with E-state index in [0.29, 0.717) is 16.9 Å². The lowest BCUT2D eigenvalue weighted by Gasteiger charge is -2.15. The maximum absolute atomic E-state index is 12.6. The fourth-order valence-corrected chi connectivity index (χ4v) is 3.52. The van der Waals surface area contributed by atoms with Gasteiger partial charge in [-0.25, -0.2) is 4.90 Å². The first-order chi connectivity index (χ1) is 11.1. The third-order valence-electron chi connectivity index (χ3n) is 3.53. The maximum Gasteiger partial charge on any atom is 0.247 e. The van der Waals surface area contributed by atoms with Gasteiger partial charge < -0.3 is 5.73 Å². The highest BCUT2D eigenvalue weighted by Gasteiger charge is 2.40. The number of anilines is 2. The number of hydrogen-bond acceptors (Lipinski definition) is 5. The molecule has 2 aromatic rings. The molecule has 23 heavy (non-hydrogen) atoms. The lowest BCUT2D eigenvalue weighted by molar-refractivity contribution is -0.121. The van der Waals surface area contributed by atoms with Gasteiger partial charge in [0.2, 0.25) is 11.8 Å². The molecule has 0 aliphatic carbocycles. The minimum atomic E-state index is -0.502. The summed E-state index contributed by atoms with van der Waals surface area (Å²) in [6.45, 7) is 0. The van der Waals surface area contributed by atoms with E-state index in [4.69, 9.17) is 11.0 Å². The van der Waals surface area contributed by atoms with Crippen LogP contribution in [0.1, 0.15) is 12.0 Å². The van der Waals surface area contributed by atoms with Crippen LogP contribution in [0.4, 0.5) is 11.4 Å². The zero-order valence-corrected chi connectivity index (χ0v) is 12.9. The molecule has 1 atom stereocenters. The van der Waals surface area contributed by atoms with Gasteiger partial charge >= 0.3 is 0 Å². The van der Waals surface area contributed by atoms with E-state index in [0.717, 1.165) is 9.80 Å². The Labute approximate surface area is 137 Å². The SMILES string of the molecule is N#Cc1cccc(N2C(=O)CC(Sc3ccccc3N)C2=O)c1. The van der Waals surface area contributed by atoms with Crippen LogP contribution >= 0.6 is 11.8 Å². The van der Waals surface area contributed by atoms with Gasteiger partial charge in [-0.2, -0.15) is 5.26 Å². The Kier molecular flexibility index (Phi) is 4.04. The quantitative estimate of drug-likeness (QED) is 0.693. The second-order valence-electron chi connectivity index (χ2n) is 5.08. The second-order valence-corrected chi connectivity index (χ2v) is 6.32. The van der Waals surface area contributed by atoms with Gasteiger partial charge in [-0.1, -0.05) is 18.2 Å². The molecule has 0 aromatic heterocycles. The molecule has 1 unspecified atom stereocenters. The summed E-state index contributed by atoms with van der Waals surface area (Å²) < 4.78 is 0. The molecule has 5 nitrogen and oxygen atoms in total. The molecule has 0 spiro atoms. The van der Waals surface area contributed by atoms with Crippen molar-refractivity contribution in [3.05, 3.63) is 54.1 Å². The summed E-state index contributed by atoms with van der Waals surface area (Å²) in [4.78, 5) is 26.8. The van der Waals surface area contributed by atoms with E-state index in [2.05, 4.69) is 0 Å². The van der Waals surface area contributed by atoms with Gasteiger partial charge in [0.25, 0.3) is 0 Å². The largest absolute Gasteiger partial charge is 0.398 e. The summed E-state index contributed by atoms with van der Waals surface area (Å²) in [7, 11) is 0. The number of amides is 2. The highest BCUT2D eigenvalue weighted by molar-refractivity contribution is 8.00. The topological polar surface area (TPSA) is 87.2 Å². The van der Waals surface area contributed by atoms with Crippen LogP contribution in [0.25, 0.3) is 0 Å². The van der Waals surface area contributed by atoms with Crippen molar-refractivity contribution in [3.63, 3.8) is 0 Å². The van der Waals surface area contributed by atoms with Crippen LogP contribution in [0.3, 0.4) is 0 Å². The number of imide groups is 1. The van der Waals surface area contributed by atoms with Gasteiger partial charge in [-0.3, -0.25) is 9.59 Å². The van der Waals surface area contributed by atoms with Crippen molar-refractivity contribution in [2.45, 2.75) is 16.6 Å². The molecular formula is C17H13N3O2S. The fraction of sp³-hybridized carbons (Fsp3) is 0.118. The number of nitrogens with zero attached hydrogens (tertiary/aromatic N) is 2. The van der Waals surface area contributed by atoms with Crippen LogP contribution < -0.4 is 10.6 Å². The Morgan fingerprint density at radius 2 is 1.96 bits per heavy atom. The van der Waals surface area contributed by atoms with Crippen molar-refractivity contribution in [1.82, 2.24) is 0 Å². The van der Waals surface area contributed by atoms with Crippen LogP contribution in [0.5, 0.6) is 0 Å². The Balaban J connectivity index is 1.85. The third-order valence-corrected chi connectivity index (χ3v) is 4.81. The number of nitrogen functional groups attached to an aromatic ring is 1. The Morgan fingerprint density at radius 3 is 2.70 bits per heavy atom. The molecule has 1 aliphatic rings. The molecule has 1 saturated heterocycles. The molecule has 114 valence electrons. The lowest BCUT2D eigenvalue weighted by atomic mass is 10.2. The predicted octanol–water partition coefficient (Wildman–Crippen LogP) is 2.56. The highest BCUT2D eigenvalue weighted by atomic mass is 32.2. The molecule has 1 heterocycles. The molecule has 3 rings (SSSR count). The number of hydrogen-bond donors (Lipinski definition) is 1. The fourth-order valence-electron chi connectivity index (χ4n) is 2.42. The summed E-state index contributed by atoms with van der Waals surface area (Å²) in [6.07, 6.45) is 0.120. The van der Waals surface area contributed by atoms with E-state index in [1.54, 1.807) is 30.3 Å². The number of nitriles is 1. The normalized spacial score (nSPS) is 17.3. The van der Waals surface area contributed by atoms with E-state index in [-0.39, 0.29) is 18.2 Å². The minimum absolute atomic E-state index is 0.120. The average Bonchev–Trinajstić information content (AvgIpc) is 2.83. The van der Waals surface area contributed by atoms with E-state index in [9.17, 15) is 9.59 Å². The first-order valence-corrected chi connectivity index (χ1v) is 7.86. The van der Waals surface area contributed by atoms with Crippen molar-refractivity contribution in [2.75, 3.05) is 10.6 Å². The zero-order valence-electron chi connectivity index (χ0n) is 12.1. The van der Waals surface area contributed by atoms with E-state index >= 15 is 0 Å². The Morgan fingerprint density at radius 1 is 1.17 bits per heavy atom. The van der Waals surface area contributed by atoms with Crippen LogP contribution in [0.15, 0.2) is 53.4 Å². The molecule has 2 N–H and O–H groups in total. The molecule has 0 saturated carbocycles. The van der Waals surface area contributed by atoms with Crippen molar-refractivity contribution in [3.8, 4) is 6.07 Å². The minimum Gasteiger partial charge on any atom is -0.398 e. The third kappa shape index (κ3) is 2.91. The smallest absolute Gasteiger partial charge is 0.247 e. The van der Waals surface area contributed by atoms with Crippen molar-refractivity contribution >= 4 is 35.0 Å². The van der Waals surface area contributed by atoms with Gasteiger partial charge in [0.15, 0.2) is 0 Å². The standard InChI is InChI=1S/C17H13N3O2S/c18-10-11-4-3-5-12(8-11)20-16(21)9-15(17(20)22)23-14-7-2-1-6-13(14)19/h1-8,15H,9,19H2. The van der Waals surface area contributed by atoms with Crippen LogP contribution in [-0.2, 0) is 9.59 Å². The number of para-hydroxylation sites is 1. The van der Waals surface area contributed by atoms with Crippen LogP contribution in [0, 0.1) is 11.3 Å². The van der Waals surface area contributed by atoms with Crippen LogP contribution in [0.2, 0.25) is 0 Å². The highest BCUT2D eigenvalue weighted by Crippen LogP contribution is 2.36. The summed E-state index contributed by atoms with van der Waals surface area (Å²) in [5, 5.41) is 8.46. The Hall–Kier alpha value is -2.78. The van der Waals surface area contributed by atoms with Crippen molar-refractivity contribution in [1.29, 1.82) is 5.26 Å². The first kappa shape index (κ1) is 15.1. The Bertz CT molecular complexity index is 829. The second kappa shape index (κ2) is 6.15. The number of thioether (sulfide) groups is 1. The van der Waals surface area contributed by atoms with E-state index < -0.39 is 5.25 Å². The molecular weight excluding hydrogens is 310 g/mol. The van der Waals surface area contributed by atoms with Gasteiger partial charge in [-0.05, 0) is 30.3 Å². The average molecular weight is 323 g/mol. The maximum atomic E-state index is 12.6. The lowest BCUT2D eigenvalue weighted by Crippen LogP contribution is -2.31. The van der Waals surface area contributed by atoms with Crippen molar-refractivity contribution in [2.24, 2.45) is 0 Å². The molecule has 2 amide bonds. The van der Waals surface area contributed by atoms with Gasteiger partial charge in [-0.15, -0.1) is 11.8 Å². The van der Waals surface area contributed by atoms with Crippen LogP contribution in [-0.4, -0.2) is 17.1 Å². The molecule has 1 aliphatic heterocycles. The summed E-state index contributed by atoms with van der Waals surface area (Å²) >= 11 is 1.30. The van der Waals surface area contributed by atoms with E-state index in [1.165, 1.54) is 11.8 Å². The first-order valence-electron chi connectivity index (χ1n) is 6.98. The van der Waals surface area contributed by atoms with Gasteiger partial charge in [0.05, 0.1) is 22.6 Å². The summed E-state index contributed by atoms with van der Waals surface area (Å²) in [5.41, 5.74) is 7.32. The summed E-state index contributed by atoms with van der Waals surface area (Å²) in [6, 6.07) is 15.7. The number of benzene rings is 2. The molecule has 0 bridgehead atoms. The molecule has 2 aromatic carbocycles. The van der Waals surface area contributed by atoms with Crippen molar-refractivity contribution < 1.29 is 9.59 Å². The molecule has 6 heteroatoms.